The van der Waals surface area contributed by atoms with Crippen LogP contribution < -0.4 is 10.2 Å². The molecule has 0 bridgehead atoms. The number of rotatable bonds is 4. The standard InChI is InChI=1S/C17H27BrN2/c1-4-15-8-6-5-7-11-20(15)17-10-9-14(12-16(17)18)13(2)19-3/h9-10,12-13,15,19H,4-8,11H2,1-3H3. The van der Waals surface area contributed by atoms with Gasteiger partial charge in [-0.25, -0.2) is 0 Å². The topological polar surface area (TPSA) is 15.3 Å². The highest BCUT2D eigenvalue weighted by Gasteiger charge is 2.21. The Labute approximate surface area is 132 Å². The minimum Gasteiger partial charge on any atom is -0.368 e. The maximum absolute atomic E-state index is 3.79. The third kappa shape index (κ3) is 3.56. The van der Waals surface area contributed by atoms with Gasteiger partial charge in [-0.2, -0.15) is 0 Å². The quantitative estimate of drug-likeness (QED) is 0.840. The summed E-state index contributed by atoms with van der Waals surface area (Å²) in [7, 11) is 2.01. The fraction of sp³-hybridized carbons (Fsp3) is 0.647. The Morgan fingerprint density at radius 1 is 1.35 bits per heavy atom. The monoisotopic (exact) mass is 338 g/mol. The van der Waals surface area contributed by atoms with Crippen molar-refractivity contribution in [3.63, 3.8) is 0 Å². The van der Waals surface area contributed by atoms with Crippen LogP contribution in [0.5, 0.6) is 0 Å². The van der Waals surface area contributed by atoms with Crippen LogP contribution in [0.3, 0.4) is 0 Å². The number of hydrogen-bond donors (Lipinski definition) is 1. The van der Waals surface area contributed by atoms with Crippen molar-refractivity contribution < 1.29 is 0 Å². The Morgan fingerprint density at radius 2 is 2.15 bits per heavy atom. The van der Waals surface area contributed by atoms with Crippen molar-refractivity contribution in [1.29, 1.82) is 0 Å². The first-order valence-electron chi connectivity index (χ1n) is 7.90. The third-order valence-electron chi connectivity index (χ3n) is 4.56. The Bertz CT molecular complexity index is 433. The maximum atomic E-state index is 3.79. The van der Waals surface area contributed by atoms with Gasteiger partial charge in [0.2, 0.25) is 0 Å². The SMILES string of the molecule is CCC1CCCCCN1c1ccc(C(C)NC)cc1Br. The van der Waals surface area contributed by atoms with Gasteiger partial charge in [-0.15, -0.1) is 0 Å². The van der Waals surface area contributed by atoms with E-state index < -0.39 is 0 Å². The summed E-state index contributed by atoms with van der Waals surface area (Å²) in [4.78, 5) is 2.62. The highest BCUT2D eigenvalue weighted by molar-refractivity contribution is 9.10. The molecule has 1 aliphatic heterocycles. The fourth-order valence-electron chi connectivity index (χ4n) is 3.11. The Kier molecular flexibility index (Phi) is 5.91. The molecule has 2 nitrogen and oxygen atoms in total. The fourth-order valence-corrected chi connectivity index (χ4v) is 3.74. The number of nitrogens with zero attached hydrogens (tertiary/aromatic N) is 1. The lowest BCUT2D eigenvalue weighted by Gasteiger charge is -2.32. The first kappa shape index (κ1) is 15.8. The van der Waals surface area contributed by atoms with Gasteiger partial charge in [0.25, 0.3) is 0 Å². The molecule has 20 heavy (non-hydrogen) atoms. The van der Waals surface area contributed by atoms with Crippen LogP contribution in [-0.4, -0.2) is 19.6 Å². The van der Waals surface area contributed by atoms with E-state index in [9.17, 15) is 0 Å². The number of benzene rings is 1. The van der Waals surface area contributed by atoms with Gasteiger partial charge in [-0.05, 0) is 66.9 Å². The van der Waals surface area contributed by atoms with Gasteiger partial charge in [-0.3, -0.25) is 0 Å². The molecule has 3 heteroatoms. The van der Waals surface area contributed by atoms with E-state index in [0.717, 1.165) is 0 Å². The first-order chi connectivity index (χ1) is 9.67. The van der Waals surface area contributed by atoms with Gasteiger partial charge in [-0.1, -0.05) is 25.8 Å². The van der Waals surface area contributed by atoms with E-state index in [2.05, 4.69) is 58.2 Å². The van der Waals surface area contributed by atoms with Gasteiger partial charge < -0.3 is 10.2 Å². The van der Waals surface area contributed by atoms with Gasteiger partial charge in [0.05, 0.1) is 5.69 Å². The van der Waals surface area contributed by atoms with Crippen LogP contribution in [0.25, 0.3) is 0 Å². The molecular weight excluding hydrogens is 312 g/mol. The first-order valence-corrected chi connectivity index (χ1v) is 8.70. The maximum Gasteiger partial charge on any atom is 0.0513 e. The van der Waals surface area contributed by atoms with Crippen molar-refractivity contribution in [1.82, 2.24) is 5.32 Å². The number of nitrogens with one attached hydrogen (secondary N) is 1. The molecule has 1 fully saturated rings. The lowest BCUT2D eigenvalue weighted by atomic mass is 10.0. The molecule has 1 aliphatic rings. The normalized spacial score (nSPS) is 21.6. The molecule has 0 aromatic heterocycles. The van der Waals surface area contributed by atoms with Crippen molar-refractivity contribution in [2.75, 3.05) is 18.5 Å². The predicted molar refractivity (Wildman–Crippen MR) is 91.5 cm³/mol. The molecule has 0 saturated carbocycles. The summed E-state index contributed by atoms with van der Waals surface area (Å²) in [5, 5.41) is 3.30. The number of halogens is 1. The summed E-state index contributed by atoms with van der Waals surface area (Å²) >= 11 is 3.79. The van der Waals surface area contributed by atoms with E-state index in [0.29, 0.717) is 12.1 Å². The molecule has 0 radical (unpaired) electrons. The van der Waals surface area contributed by atoms with Crippen molar-refractivity contribution >= 4 is 21.6 Å². The van der Waals surface area contributed by atoms with Gasteiger partial charge in [0.1, 0.15) is 0 Å². The Balaban J connectivity index is 2.26. The van der Waals surface area contributed by atoms with Crippen LogP contribution in [0, 0.1) is 0 Å². The van der Waals surface area contributed by atoms with E-state index in [-0.39, 0.29) is 0 Å². The summed E-state index contributed by atoms with van der Waals surface area (Å²) in [5.41, 5.74) is 2.71. The molecule has 112 valence electrons. The van der Waals surface area contributed by atoms with E-state index in [4.69, 9.17) is 0 Å². The molecule has 2 unspecified atom stereocenters. The molecule has 0 amide bonds. The lowest BCUT2D eigenvalue weighted by molar-refractivity contribution is 0.555. The van der Waals surface area contributed by atoms with Crippen LogP contribution in [-0.2, 0) is 0 Å². The van der Waals surface area contributed by atoms with Crippen molar-refractivity contribution in [3.8, 4) is 0 Å². The molecule has 1 aromatic carbocycles. The lowest BCUT2D eigenvalue weighted by Crippen LogP contribution is -2.34. The van der Waals surface area contributed by atoms with Crippen LogP contribution >= 0.6 is 15.9 Å². The molecule has 1 saturated heterocycles. The zero-order valence-electron chi connectivity index (χ0n) is 13.0. The molecule has 1 N–H and O–H groups in total. The average molecular weight is 339 g/mol. The summed E-state index contributed by atoms with van der Waals surface area (Å²) in [5.74, 6) is 0. The third-order valence-corrected chi connectivity index (χ3v) is 5.20. The van der Waals surface area contributed by atoms with Crippen LogP contribution in [0.15, 0.2) is 22.7 Å². The molecule has 1 heterocycles. The molecule has 1 aromatic rings. The zero-order valence-corrected chi connectivity index (χ0v) is 14.5. The Morgan fingerprint density at radius 3 is 2.80 bits per heavy atom. The zero-order chi connectivity index (χ0) is 14.5. The second-order valence-corrected chi connectivity index (χ2v) is 6.68. The van der Waals surface area contributed by atoms with Crippen molar-refractivity contribution in [3.05, 3.63) is 28.2 Å². The summed E-state index contributed by atoms with van der Waals surface area (Å²) in [6.07, 6.45) is 6.64. The van der Waals surface area contributed by atoms with Gasteiger partial charge in [0, 0.05) is 23.1 Å². The smallest absolute Gasteiger partial charge is 0.0513 e. The minimum absolute atomic E-state index is 0.395. The van der Waals surface area contributed by atoms with Crippen LogP contribution in [0.4, 0.5) is 5.69 Å². The predicted octanol–water partition coefficient (Wildman–Crippen LogP) is 4.89. The second-order valence-electron chi connectivity index (χ2n) is 5.83. The summed E-state index contributed by atoms with van der Waals surface area (Å²) < 4.78 is 1.23. The van der Waals surface area contributed by atoms with Crippen LogP contribution in [0.2, 0.25) is 0 Å². The van der Waals surface area contributed by atoms with Crippen molar-refractivity contribution in [2.24, 2.45) is 0 Å². The van der Waals surface area contributed by atoms with E-state index in [1.807, 2.05) is 7.05 Å². The van der Waals surface area contributed by atoms with E-state index in [1.165, 1.54) is 54.4 Å². The molecule has 0 spiro atoms. The molecule has 2 atom stereocenters. The molecule has 0 aliphatic carbocycles. The number of anilines is 1. The van der Waals surface area contributed by atoms with Crippen molar-refractivity contribution in [2.45, 2.75) is 58.0 Å². The van der Waals surface area contributed by atoms with Crippen LogP contribution in [0.1, 0.15) is 57.6 Å². The average Bonchev–Trinajstić information content (AvgIpc) is 2.71. The van der Waals surface area contributed by atoms with Gasteiger partial charge >= 0.3 is 0 Å². The largest absolute Gasteiger partial charge is 0.368 e. The second kappa shape index (κ2) is 7.46. The highest BCUT2D eigenvalue weighted by atomic mass is 79.9. The van der Waals surface area contributed by atoms with E-state index in [1.54, 1.807) is 0 Å². The number of hydrogen-bond acceptors (Lipinski definition) is 2. The molecule has 2 rings (SSSR count). The summed E-state index contributed by atoms with van der Waals surface area (Å²) in [6.45, 7) is 5.70. The minimum atomic E-state index is 0.395. The Hall–Kier alpha value is -0.540. The molecular formula is C17H27BrN2. The van der Waals surface area contributed by atoms with Gasteiger partial charge in [0.15, 0.2) is 0 Å². The van der Waals surface area contributed by atoms with E-state index >= 15 is 0 Å². The summed E-state index contributed by atoms with van der Waals surface area (Å²) in [6, 6.07) is 7.92. The highest BCUT2D eigenvalue weighted by Crippen LogP contribution is 2.33.